The van der Waals surface area contributed by atoms with Crippen LogP contribution in [0.15, 0.2) is 24.3 Å². The van der Waals surface area contributed by atoms with Gasteiger partial charge >= 0.3 is 0 Å². The number of carbonyl (C=O) groups is 3. The van der Waals surface area contributed by atoms with Gasteiger partial charge in [-0.15, -0.1) is 11.3 Å². The minimum atomic E-state index is -0.406. The topological polar surface area (TPSA) is 66.5 Å². The number of imide groups is 1. The molecule has 0 radical (unpaired) electrons. The minimum absolute atomic E-state index is 0.300. The lowest BCUT2D eigenvalue weighted by Crippen LogP contribution is -2.46. The lowest BCUT2D eigenvalue weighted by molar-refractivity contribution is -0.142. The summed E-state index contributed by atoms with van der Waals surface area (Å²) in [5.41, 5.74) is 2.44. The lowest BCUT2D eigenvalue weighted by atomic mass is 9.85. The second-order valence-corrected chi connectivity index (χ2v) is 6.31. The molecule has 0 bridgehead atoms. The number of amides is 3. The second-order valence-electron chi connectivity index (χ2n) is 5.02. The maximum Gasteiger partial charge on any atom is 0.280 e. The fourth-order valence-corrected chi connectivity index (χ4v) is 3.38. The normalized spacial score (nSPS) is 24.9. The van der Waals surface area contributed by atoms with Crippen LogP contribution in [0.25, 0.3) is 0 Å². The quantitative estimate of drug-likeness (QED) is 0.665. The van der Waals surface area contributed by atoms with E-state index in [1.807, 2.05) is 25.1 Å². The van der Waals surface area contributed by atoms with Crippen molar-refractivity contribution in [3.05, 3.63) is 34.0 Å². The van der Waals surface area contributed by atoms with Crippen LogP contribution in [-0.2, 0) is 9.59 Å². The Labute approximate surface area is 120 Å². The summed E-state index contributed by atoms with van der Waals surface area (Å²) in [5, 5.41) is 0.902. The van der Waals surface area contributed by atoms with Gasteiger partial charge in [-0.2, -0.15) is 5.01 Å². The van der Waals surface area contributed by atoms with Crippen molar-refractivity contribution >= 4 is 29.1 Å². The first-order valence-electron chi connectivity index (χ1n) is 6.48. The summed E-state index contributed by atoms with van der Waals surface area (Å²) < 4.78 is 0. The van der Waals surface area contributed by atoms with Crippen molar-refractivity contribution in [3.63, 3.8) is 0 Å². The maximum absolute atomic E-state index is 12.2. The molecule has 2 atom stereocenters. The highest BCUT2D eigenvalue weighted by Crippen LogP contribution is 2.34. The van der Waals surface area contributed by atoms with Gasteiger partial charge in [-0.3, -0.25) is 19.8 Å². The Morgan fingerprint density at radius 1 is 1.20 bits per heavy atom. The molecule has 2 aliphatic rings. The van der Waals surface area contributed by atoms with Crippen LogP contribution in [0.2, 0.25) is 0 Å². The molecule has 2 heterocycles. The fourth-order valence-electron chi connectivity index (χ4n) is 2.62. The molecule has 1 aromatic heterocycles. The predicted molar refractivity (Wildman–Crippen MR) is 73.7 cm³/mol. The number of hydrogen-bond donors (Lipinski definition) is 1. The first-order valence-corrected chi connectivity index (χ1v) is 7.30. The van der Waals surface area contributed by atoms with Crippen molar-refractivity contribution in [2.24, 2.45) is 11.8 Å². The van der Waals surface area contributed by atoms with Crippen LogP contribution in [0.3, 0.4) is 0 Å². The third kappa shape index (κ3) is 2.06. The zero-order valence-electron chi connectivity index (χ0n) is 11.0. The Balaban J connectivity index is 1.76. The third-order valence-corrected chi connectivity index (χ3v) is 4.68. The van der Waals surface area contributed by atoms with E-state index in [1.165, 1.54) is 11.3 Å². The summed E-state index contributed by atoms with van der Waals surface area (Å²) in [4.78, 5) is 37.9. The Morgan fingerprint density at radius 2 is 1.80 bits per heavy atom. The highest BCUT2D eigenvalue weighted by Gasteiger charge is 2.48. The molecule has 1 N–H and O–H groups in total. The van der Waals surface area contributed by atoms with E-state index < -0.39 is 5.91 Å². The van der Waals surface area contributed by atoms with Gasteiger partial charge in [0, 0.05) is 4.88 Å². The van der Waals surface area contributed by atoms with Crippen molar-refractivity contribution in [1.82, 2.24) is 10.4 Å². The van der Waals surface area contributed by atoms with Gasteiger partial charge < -0.3 is 0 Å². The van der Waals surface area contributed by atoms with E-state index >= 15 is 0 Å². The number of nitrogens with one attached hydrogen (secondary N) is 1. The fraction of sp³-hybridized carbons (Fsp3) is 0.357. The van der Waals surface area contributed by atoms with Crippen molar-refractivity contribution < 1.29 is 14.4 Å². The molecule has 0 saturated carbocycles. The zero-order chi connectivity index (χ0) is 14.3. The van der Waals surface area contributed by atoms with Crippen LogP contribution in [0.4, 0.5) is 0 Å². The summed E-state index contributed by atoms with van der Waals surface area (Å²) in [7, 11) is 0. The molecular weight excluding hydrogens is 276 g/mol. The summed E-state index contributed by atoms with van der Waals surface area (Å²) in [6.07, 6.45) is 4.97. The molecule has 2 unspecified atom stereocenters. The highest BCUT2D eigenvalue weighted by molar-refractivity contribution is 7.13. The molecule has 6 heteroatoms. The van der Waals surface area contributed by atoms with Crippen molar-refractivity contribution in [2.45, 2.75) is 19.8 Å². The molecule has 1 aliphatic heterocycles. The van der Waals surface area contributed by atoms with E-state index in [0.717, 1.165) is 9.89 Å². The summed E-state index contributed by atoms with van der Waals surface area (Å²) in [6.45, 7) is 1.90. The third-order valence-electron chi connectivity index (χ3n) is 3.69. The molecule has 0 spiro atoms. The molecule has 3 amide bonds. The Kier molecular flexibility index (Phi) is 3.17. The van der Waals surface area contributed by atoms with Crippen molar-refractivity contribution in [2.75, 3.05) is 0 Å². The average Bonchev–Trinajstić information content (AvgIpc) is 2.98. The van der Waals surface area contributed by atoms with Gasteiger partial charge in [-0.25, -0.2) is 0 Å². The van der Waals surface area contributed by atoms with Crippen LogP contribution in [0.1, 0.15) is 27.4 Å². The molecule has 1 fully saturated rings. The van der Waals surface area contributed by atoms with E-state index in [1.54, 1.807) is 6.07 Å². The number of carbonyl (C=O) groups excluding carboxylic acids is 3. The number of allylic oxidation sites excluding steroid dienone is 2. The molecule has 3 rings (SSSR count). The van der Waals surface area contributed by atoms with Crippen LogP contribution in [-0.4, -0.2) is 22.7 Å². The SMILES string of the molecule is Cc1ccc(C(=O)NN2C(=O)C3CC=CCC3C2=O)s1. The molecule has 20 heavy (non-hydrogen) atoms. The van der Waals surface area contributed by atoms with E-state index in [2.05, 4.69) is 5.43 Å². The minimum Gasteiger partial charge on any atom is -0.272 e. The van der Waals surface area contributed by atoms with Gasteiger partial charge in [0.2, 0.25) is 0 Å². The van der Waals surface area contributed by atoms with Crippen LogP contribution < -0.4 is 5.43 Å². The number of hydrogen-bond acceptors (Lipinski definition) is 4. The van der Waals surface area contributed by atoms with Gasteiger partial charge in [-0.1, -0.05) is 12.2 Å². The van der Waals surface area contributed by atoms with Gasteiger partial charge in [0.15, 0.2) is 0 Å². The molecule has 5 nitrogen and oxygen atoms in total. The summed E-state index contributed by atoms with van der Waals surface area (Å²) in [5.74, 6) is -1.65. The average molecular weight is 290 g/mol. The first kappa shape index (κ1) is 13.1. The smallest absolute Gasteiger partial charge is 0.272 e. The molecule has 0 aromatic carbocycles. The number of hydrazine groups is 1. The van der Waals surface area contributed by atoms with Crippen LogP contribution >= 0.6 is 11.3 Å². The largest absolute Gasteiger partial charge is 0.280 e. The van der Waals surface area contributed by atoms with Crippen molar-refractivity contribution in [1.29, 1.82) is 0 Å². The number of aryl methyl sites for hydroxylation is 1. The van der Waals surface area contributed by atoms with Crippen LogP contribution in [0, 0.1) is 18.8 Å². The lowest BCUT2D eigenvalue weighted by Gasteiger charge is -2.14. The Morgan fingerprint density at radius 3 is 2.30 bits per heavy atom. The molecule has 1 saturated heterocycles. The standard InChI is InChI=1S/C14H14N2O3S/c1-8-6-7-11(20-8)12(17)15-16-13(18)9-4-2-3-5-10(9)14(16)19/h2-3,6-7,9-10H,4-5H2,1H3,(H,15,17). The van der Waals surface area contributed by atoms with Crippen molar-refractivity contribution in [3.8, 4) is 0 Å². The maximum atomic E-state index is 12.2. The van der Waals surface area contributed by atoms with Gasteiger partial charge in [0.25, 0.3) is 17.7 Å². The van der Waals surface area contributed by atoms with E-state index in [0.29, 0.717) is 17.7 Å². The number of rotatable bonds is 2. The zero-order valence-corrected chi connectivity index (χ0v) is 11.8. The van der Waals surface area contributed by atoms with E-state index in [-0.39, 0.29) is 23.7 Å². The highest BCUT2D eigenvalue weighted by atomic mass is 32.1. The molecule has 1 aromatic rings. The van der Waals surface area contributed by atoms with E-state index in [4.69, 9.17) is 0 Å². The Bertz CT molecular complexity index is 594. The summed E-state index contributed by atoms with van der Waals surface area (Å²) >= 11 is 1.33. The van der Waals surface area contributed by atoms with Crippen LogP contribution in [0.5, 0.6) is 0 Å². The Hall–Kier alpha value is -1.95. The monoisotopic (exact) mass is 290 g/mol. The number of nitrogens with zero attached hydrogens (tertiary/aromatic N) is 1. The first-order chi connectivity index (χ1) is 9.58. The number of thiophene rings is 1. The second kappa shape index (κ2) is 4.86. The van der Waals surface area contributed by atoms with Gasteiger partial charge in [-0.05, 0) is 31.9 Å². The molecular formula is C14H14N2O3S. The van der Waals surface area contributed by atoms with Gasteiger partial charge in [0.05, 0.1) is 16.7 Å². The summed E-state index contributed by atoms with van der Waals surface area (Å²) in [6, 6.07) is 3.52. The molecule has 1 aliphatic carbocycles. The van der Waals surface area contributed by atoms with Gasteiger partial charge in [0.1, 0.15) is 0 Å². The number of fused-ring (bicyclic) bond motifs is 1. The molecule has 104 valence electrons. The van der Waals surface area contributed by atoms with E-state index in [9.17, 15) is 14.4 Å². The predicted octanol–water partition coefficient (Wildman–Crippen LogP) is 1.65.